The van der Waals surface area contributed by atoms with Gasteiger partial charge in [0.25, 0.3) is 0 Å². The van der Waals surface area contributed by atoms with E-state index < -0.39 is 0 Å². The summed E-state index contributed by atoms with van der Waals surface area (Å²) in [5.74, 6) is 0.779. The third-order valence-electron chi connectivity index (χ3n) is 1.52. The average molecular weight is 281 g/mol. The van der Waals surface area contributed by atoms with Gasteiger partial charge in [0.15, 0.2) is 5.82 Å². The first kappa shape index (κ1) is 11.4. The van der Waals surface area contributed by atoms with Gasteiger partial charge in [-0.1, -0.05) is 6.92 Å². The van der Waals surface area contributed by atoms with Gasteiger partial charge in [0, 0.05) is 9.37 Å². The molecule has 0 heterocycles. The molecule has 13 heavy (non-hydrogen) atoms. The summed E-state index contributed by atoms with van der Waals surface area (Å²) >= 11 is 6.30. The van der Waals surface area contributed by atoms with E-state index in [-0.39, 0.29) is 5.82 Å². The highest BCUT2D eigenvalue weighted by Gasteiger charge is 2.10. The smallest absolute Gasteiger partial charge is 0.151 e. The molecule has 0 radical (unpaired) electrons. The molecule has 0 amide bonds. The summed E-state index contributed by atoms with van der Waals surface area (Å²) in [6, 6.07) is 3.69. The van der Waals surface area contributed by atoms with Crippen LogP contribution in [-0.4, -0.2) is 12.0 Å². The van der Waals surface area contributed by atoms with Gasteiger partial charge in [0.1, 0.15) is 0 Å². The molecule has 0 saturated carbocycles. The van der Waals surface area contributed by atoms with Crippen molar-refractivity contribution >= 4 is 39.5 Å². The van der Waals surface area contributed by atoms with Crippen molar-refractivity contribution in [2.75, 3.05) is 12.0 Å². The van der Waals surface area contributed by atoms with Gasteiger partial charge < -0.3 is 0 Å². The number of thioether (sulfide) groups is 2. The van der Waals surface area contributed by atoms with Crippen molar-refractivity contribution in [3.8, 4) is 0 Å². The zero-order chi connectivity index (χ0) is 9.84. The van der Waals surface area contributed by atoms with Crippen LogP contribution in [0.1, 0.15) is 6.92 Å². The highest BCUT2D eigenvalue weighted by Crippen LogP contribution is 2.34. The van der Waals surface area contributed by atoms with Gasteiger partial charge >= 0.3 is 0 Å². The highest BCUT2D eigenvalue weighted by molar-refractivity contribution is 9.10. The van der Waals surface area contributed by atoms with E-state index in [9.17, 15) is 4.39 Å². The Balaban J connectivity index is 3.13. The number of halogens is 2. The summed E-state index contributed by atoms with van der Waals surface area (Å²) in [5.41, 5.74) is 0. The second-order valence-corrected chi connectivity index (χ2v) is 5.30. The minimum atomic E-state index is -0.103. The first-order valence-corrected chi connectivity index (χ1v) is 6.85. The Hall–Kier alpha value is 0.330. The van der Waals surface area contributed by atoms with Crippen LogP contribution < -0.4 is 0 Å². The number of hydrogen-bond acceptors (Lipinski definition) is 2. The largest absolute Gasteiger partial charge is 0.204 e. The predicted molar refractivity (Wildman–Crippen MR) is 62.3 cm³/mol. The third kappa shape index (κ3) is 2.64. The fraction of sp³-hybridized carbons (Fsp3) is 0.333. The van der Waals surface area contributed by atoms with Crippen molar-refractivity contribution in [1.29, 1.82) is 0 Å². The van der Waals surface area contributed by atoms with E-state index in [0.29, 0.717) is 9.79 Å². The van der Waals surface area contributed by atoms with Crippen LogP contribution in [0.15, 0.2) is 26.4 Å². The lowest BCUT2D eigenvalue weighted by molar-refractivity contribution is 0.574. The molecule has 1 aromatic carbocycles. The fourth-order valence-corrected chi connectivity index (χ4v) is 2.88. The quantitative estimate of drug-likeness (QED) is 0.752. The summed E-state index contributed by atoms with van der Waals surface area (Å²) in [7, 11) is 0. The van der Waals surface area contributed by atoms with Gasteiger partial charge in [-0.15, -0.1) is 23.5 Å². The maximum atomic E-state index is 13.6. The Morgan fingerprint density at radius 1 is 1.46 bits per heavy atom. The lowest BCUT2D eigenvalue weighted by atomic mass is 10.3. The summed E-state index contributed by atoms with van der Waals surface area (Å²) in [6.45, 7) is 2.02. The van der Waals surface area contributed by atoms with Crippen LogP contribution in [0.25, 0.3) is 0 Å². The molecule has 0 fully saturated rings. The molecule has 0 N–H and O–H groups in total. The maximum absolute atomic E-state index is 13.6. The second kappa shape index (κ2) is 5.27. The van der Waals surface area contributed by atoms with Gasteiger partial charge in [-0.3, -0.25) is 0 Å². The molecule has 0 aliphatic rings. The van der Waals surface area contributed by atoms with E-state index in [1.54, 1.807) is 6.07 Å². The lowest BCUT2D eigenvalue weighted by Gasteiger charge is -2.07. The Morgan fingerprint density at radius 3 is 2.69 bits per heavy atom. The van der Waals surface area contributed by atoms with Crippen LogP contribution >= 0.6 is 39.5 Å². The SMILES string of the molecule is CCSc1c(Br)ccc(SC)c1F. The first-order valence-electron chi connectivity index (χ1n) is 3.85. The summed E-state index contributed by atoms with van der Waals surface area (Å²) in [6.07, 6.45) is 1.88. The Bertz CT molecular complexity index is 302. The van der Waals surface area contributed by atoms with Crippen LogP contribution in [0.3, 0.4) is 0 Å². The number of benzene rings is 1. The van der Waals surface area contributed by atoms with Gasteiger partial charge in [-0.2, -0.15) is 0 Å². The van der Waals surface area contributed by atoms with Gasteiger partial charge in [0.2, 0.25) is 0 Å². The predicted octanol–water partition coefficient (Wildman–Crippen LogP) is 4.42. The Labute approximate surface area is 94.8 Å². The monoisotopic (exact) mass is 280 g/mol. The van der Waals surface area contributed by atoms with E-state index in [2.05, 4.69) is 15.9 Å². The topological polar surface area (TPSA) is 0 Å². The van der Waals surface area contributed by atoms with Crippen molar-refractivity contribution in [3.05, 3.63) is 22.4 Å². The summed E-state index contributed by atoms with van der Waals surface area (Å²) in [5, 5.41) is 0. The lowest BCUT2D eigenvalue weighted by Crippen LogP contribution is -1.87. The van der Waals surface area contributed by atoms with Crippen LogP contribution in [0.4, 0.5) is 4.39 Å². The molecular weight excluding hydrogens is 271 g/mol. The van der Waals surface area contributed by atoms with E-state index >= 15 is 0 Å². The first-order chi connectivity index (χ1) is 6.20. The zero-order valence-corrected chi connectivity index (χ0v) is 10.7. The van der Waals surface area contributed by atoms with Crippen molar-refractivity contribution in [2.45, 2.75) is 16.7 Å². The number of hydrogen-bond donors (Lipinski definition) is 0. The Kier molecular flexibility index (Phi) is 4.62. The molecule has 0 atom stereocenters. The molecule has 1 aromatic rings. The molecule has 72 valence electrons. The van der Waals surface area contributed by atoms with Crippen molar-refractivity contribution in [2.24, 2.45) is 0 Å². The van der Waals surface area contributed by atoms with Gasteiger partial charge in [0.05, 0.1) is 4.90 Å². The third-order valence-corrected chi connectivity index (χ3v) is 4.18. The molecule has 4 heteroatoms. The molecule has 0 saturated heterocycles. The molecule has 0 aliphatic carbocycles. The molecule has 0 bridgehead atoms. The van der Waals surface area contributed by atoms with Crippen LogP contribution in [0.5, 0.6) is 0 Å². The molecule has 0 unspecified atom stereocenters. The molecule has 0 spiro atoms. The van der Waals surface area contributed by atoms with Crippen molar-refractivity contribution in [3.63, 3.8) is 0 Å². The fourth-order valence-electron chi connectivity index (χ4n) is 0.949. The van der Waals surface area contributed by atoms with E-state index in [0.717, 1.165) is 10.2 Å². The maximum Gasteiger partial charge on any atom is 0.151 e. The minimum Gasteiger partial charge on any atom is -0.204 e. The standard InChI is InChI=1S/C9H10BrFS2/c1-3-13-9-6(10)4-5-7(12-2)8(9)11/h4-5H,3H2,1-2H3. The molecule has 0 aliphatic heterocycles. The molecule has 0 nitrogen and oxygen atoms in total. The normalized spacial score (nSPS) is 10.5. The van der Waals surface area contributed by atoms with E-state index in [1.807, 2.05) is 19.2 Å². The molecular formula is C9H10BrFS2. The number of rotatable bonds is 3. The average Bonchev–Trinajstić information content (AvgIpc) is 2.12. The van der Waals surface area contributed by atoms with Crippen molar-refractivity contribution < 1.29 is 4.39 Å². The van der Waals surface area contributed by atoms with Crippen molar-refractivity contribution in [1.82, 2.24) is 0 Å². The molecule has 0 aromatic heterocycles. The van der Waals surface area contributed by atoms with Gasteiger partial charge in [-0.05, 0) is 40.1 Å². The zero-order valence-electron chi connectivity index (χ0n) is 7.43. The summed E-state index contributed by atoms with van der Waals surface area (Å²) in [4.78, 5) is 1.42. The van der Waals surface area contributed by atoms with Crippen LogP contribution in [0, 0.1) is 5.82 Å². The van der Waals surface area contributed by atoms with Gasteiger partial charge in [-0.25, -0.2) is 4.39 Å². The highest BCUT2D eigenvalue weighted by atomic mass is 79.9. The molecule has 1 rings (SSSR count). The minimum absolute atomic E-state index is 0.103. The second-order valence-electron chi connectivity index (χ2n) is 2.33. The van der Waals surface area contributed by atoms with E-state index in [1.165, 1.54) is 23.5 Å². The van der Waals surface area contributed by atoms with Crippen LogP contribution in [0.2, 0.25) is 0 Å². The van der Waals surface area contributed by atoms with Crippen LogP contribution in [-0.2, 0) is 0 Å². The van der Waals surface area contributed by atoms with E-state index in [4.69, 9.17) is 0 Å². The summed E-state index contributed by atoms with van der Waals surface area (Å²) < 4.78 is 14.5. The Morgan fingerprint density at radius 2 is 2.15 bits per heavy atom.